The van der Waals surface area contributed by atoms with E-state index in [1.807, 2.05) is 35.7 Å². The number of hydrogen-bond acceptors (Lipinski definition) is 7. The van der Waals surface area contributed by atoms with Crippen LogP contribution in [0, 0.1) is 0 Å². The van der Waals surface area contributed by atoms with Gasteiger partial charge in [-0.25, -0.2) is 15.0 Å². The summed E-state index contributed by atoms with van der Waals surface area (Å²) in [5.74, 6) is 1.88. The fourth-order valence-corrected chi connectivity index (χ4v) is 4.71. The molecule has 2 aromatic heterocycles. The Kier molecular flexibility index (Phi) is 5.21. The van der Waals surface area contributed by atoms with Gasteiger partial charge in [-0.3, -0.25) is 9.36 Å². The van der Waals surface area contributed by atoms with Crippen molar-refractivity contribution in [3.63, 3.8) is 0 Å². The smallest absolute Gasteiger partial charge is 0.261 e. The molecule has 1 saturated heterocycles. The zero-order valence-corrected chi connectivity index (χ0v) is 18.2. The molecule has 2 fully saturated rings. The van der Waals surface area contributed by atoms with Crippen molar-refractivity contribution in [2.75, 3.05) is 55.0 Å². The maximum Gasteiger partial charge on any atom is 0.261 e. The number of fused-ring (bicyclic) bond motifs is 1. The summed E-state index contributed by atoms with van der Waals surface area (Å²) in [4.78, 5) is 33.0. The van der Waals surface area contributed by atoms with Crippen LogP contribution in [0.3, 0.4) is 0 Å². The zero-order valence-electron chi connectivity index (χ0n) is 18.2. The molecule has 0 amide bonds. The largest absolute Gasteiger partial charge is 0.368 e. The Labute approximate surface area is 182 Å². The van der Waals surface area contributed by atoms with Crippen molar-refractivity contribution >= 4 is 28.2 Å². The van der Waals surface area contributed by atoms with Crippen molar-refractivity contribution in [3.05, 3.63) is 47.3 Å². The molecular formula is C23H29N7O. The molecule has 1 aliphatic carbocycles. The quantitative estimate of drug-likeness (QED) is 0.644. The van der Waals surface area contributed by atoms with Crippen LogP contribution in [0.25, 0.3) is 10.9 Å². The SMILES string of the molecule is CN(C)c1cc(N2CCN(c3ccc4c(=O)n(C5CCCC5)cnc4c3)CC2)ncn1. The molecule has 0 atom stereocenters. The lowest BCUT2D eigenvalue weighted by atomic mass is 10.1. The third kappa shape index (κ3) is 3.82. The van der Waals surface area contributed by atoms with Crippen molar-refractivity contribution in [2.24, 2.45) is 0 Å². The number of nitrogens with zero attached hydrogens (tertiary/aromatic N) is 7. The molecule has 1 saturated carbocycles. The van der Waals surface area contributed by atoms with Crippen LogP contribution in [0.2, 0.25) is 0 Å². The van der Waals surface area contributed by atoms with E-state index in [2.05, 4.69) is 36.9 Å². The first-order valence-electron chi connectivity index (χ1n) is 11.1. The van der Waals surface area contributed by atoms with Crippen LogP contribution in [-0.4, -0.2) is 59.8 Å². The molecule has 31 heavy (non-hydrogen) atoms. The van der Waals surface area contributed by atoms with Gasteiger partial charge >= 0.3 is 0 Å². The van der Waals surface area contributed by atoms with Crippen molar-refractivity contribution in [1.82, 2.24) is 19.5 Å². The van der Waals surface area contributed by atoms with Gasteiger partial charge in [0.1, 0.15) is 18.0 Å². The first kappa shape index (κ1) is 19.8. The van der Waals surface area contributed by atoms with Gasteiger partial charge in [0, 0.05) is 58.1 Å². The topological polar surface area (TPSA) is 70.4 Å². The predicted molar refractivity (Wildman–Crippen MR) is 124 cm³/mol. The van der Waals surface area contributed by atoms with E-state index in [-0.39, 0.29) is 5.56 Å². The lowest BCUT2D eigenvalue weighted by Crippen LogP contribution is -2.46. The second-order valence-corrected chi connectivity index (χ2v) is 8.70. The molecule has 0 unspecified atom stereocenters. The molecule has 5 rings (SSSR count). The summed E-state index contributed by atoms with van der Waals surface area (Å²) in [6.07, 6.45) is 7.94. The molecule has 3 aromatic rings. The van der Waals surface area contributed by atoms with E-state index in [0.717, 1.165) is 61.9 Å². The standard InChI is InChI=1S/C23H29N7O/c1-27(2)21-14-22(25-15-24-21)29-11-9-28(10-12-29)18-7-8-19-20(13-18)26-16-30(23(19)31)17-5-3-4-6-17/h7-8,13-17H,3-6,9-12H2,1-2H3. The molecule has 1 aliphatic heterocycles. The van der Waals surface area contributed by atoms with Gasteiger partial charge < -0.3 is 14.7 Å². The third-order valence-corrected chi connectivity index (χ3v) is 6.55. The molecule has 162 valence electrons. The number of rotatable bonds is 4. The Morgan fingerprint density at radius 1 is 0.935 bits per heavy atom. The zero-order chi connectivity index (χ0) is 21.4. The lowest BCUT2D eigenvalue weighted by Gasteiger charge is -2.36. The predicted octanol–water partition coefficient (Wildman–Crippen LogP) is 2.69. The van der Waals surface area contributed by atoms with E-state index in [1.165, 1.54) is 12.8 Å². The molecule has 0 spiro atoms. The van der Waals surface area contributed by atoms with Gasteiger partial charge in [-0.1, -0.05) is 12.8 Å². The van der Waals surface area contributed by atoms with Gasteiger partial charge in [0.15, 0.2) is 0 Å². The molecule has 0 radical (unpaired) electrons. The minimum atomic E-state index is 0.0914. The Bertz CT molecular complexity index is 1130. The maximum atomic E-state index is 13.0. The maximum absolute atomic E-state index is 13.0. The minimum Gasteiger partial charge on any atom is -0.368 e. The third-order valence-electron chi connectivity index (χ3n) is 6.55. The van der Waals surface area contributed by atoms with E-state index < -0.39 is 0 Å². The van der Waals surface area contributed by atoms with Crippen molar-refractivity contribution < 1.29 is 0 Å². The highest BCUT2D eigenvalue weighted by Crippen LogP contribution is 2.29. The normalized spacial score (nSPS) is 17.5. The van der Waals surface area contributed by atoms with Gasteiger partial charge in [-0.05, 0) is 31.0 Å². The molecule has 8 nitrogen and oxygen atoms in total. The molecular weight excluding hydrogens is 390 g/mol. The second kappa shape index (κ2) is 8.17. The molecule has 3 heterocycles. The summed E-state index contributed by atoms with van der Waals surface area (Å²) in [5, 5.41) is 0.717. The average Bonchev–Trinajstić information content (AvgIpc) is 3.34. The Hall–Kier alpha value is -3.16. The van der Waals surface area contributed by atoms with Crippen molar-refractivity contribution in [3.8, 4) is 0 Å². The van der Waals surface area contributed by atoms with Gasteiger partial charge in [0.2, 0.25) is 0 Å². The summed E-state index contributed by atoms with van der Waals surface area (Å²) in [6.45, 7) is 3.56. The number of anilines is 3. The van der Waals surface area contributed by atoms with Gasteiger partial charge in [0.05, 0.1) is 17.2 Å². The van der Waals surface area contributed by atoms with E-state index in [4.69, 9.17) is 0 Å². The van der Waals surface area contributed by atoms with Crippen LogP contribution in [0.5, 0.6) is 0 Å². The van der Waals surface area contributed by atoms with Crippen LogP contribution in [0.4, 0.5) is 17.3 Å². The lowest BCUT2D eigenvalue weighted by molar-refractivity contribution is 0.499. The van der Waals surface area contributed by atoms with Gasteiger partial charge in [-0.15, -0.1) is 0 Å². The van der Waals surface area contributed by atoms with Crippen LogP contribution in [0.1, 0.15) is 31.7 Å². The van der Waals surface area contributed by atoms with Crippen LogP contribution in [0.15, 0.2) is 41.7 Å². The van der Waals surface area contributed by atoms with Crippen LogP contribution in [-0.2, 0) is 0 Å². The Balaban J connectivity index is 1.32. The van der Waals surface area contributed by atoms with E-state index >= 15 is 0 Å². The van der Waals surface area contributed by atoms with Crippen LogP contribution >= 0.6 is 0 Å². The molecule has 1 aromatic carbocycles. The van der Waals surface area contributed by atoms with Crippen molar-refractivity contribution in [2.45, 2.75) is 31.7 Å². The molecule has 2 aliphatic rings. The number of aromatic nitrogens is 4. The number of benzene rings is 1. The summed E-state index contributed by atoms with van der Waals surface area (Å²) in [5.41, 5.74) is 1.99. The van der Waals surface area contributed by atoms with E-state index in [9.17, 15) is 4.79 Å². The van der Waals surface area contributed by atoms with Crippen LogP contribution < -0.4 is 20.3 Å². The molecule has 0 N–H and O–H groups in total. The van der Waals surface area contributed by atoms with Gasteiger partial charge in [0.25, 0.3) is 5.56 Å². The highest BCUT2D eigenvalue weighted by atomic mass is 16.1. The number of piperazine rings is 1. The highest BCUT2D eigenvalue weighted by molar-refractivity contribution is 5.81. The fourth-order valence-electron chi connectivity index (χ4n) is 4.71. The summed E-state index contributed by atoms with van der Waals surface area (Å²) in [6, 6.07) is 8.41. The molecule has 0 bridgehead atoms. The first-order valence-corrected chi connectivity index (χ1v) is 11.1. The first-order chi connectivity index (χ1) is 15.1. The summed E-state index contributed by atoms with van der Waals surface area (Å²) < 4.78 is 1.84. The highest BCUT2D eigenvalue weighted by Gasteiger charge is 2.21. The summed E-state index contributed by atoms with van der Waals surface area (Å²) in [7, 11) is 3.97. The Morgan fingerprint density at radius 3 is 2.42 bits per heavy atom. The monoisotopic (exact) mass is 419 g/mol. The van der Waals surface area contributed by atoms with E-state index in [0.29, 0.717) is 11.4 Å². The fraction of sp³-hybridized carbons (Fsp3) is 0.478. The molecule has 8 heteroatoms. The average molecular weight is 420 g/mol. The minimum absolute atomic E-state index is 0.0914. The summed E-state index contributed by atoms with van der Waals surface area (Å²) >= 11 is 0. The second-order valence-electron chi connectivity index (χ2n) is 8.70. The Morgan fingerprint density at radius 2 is 1.68 bits per heavy atom. The number of hydrogen-bond donors (Lipinski definition) is 0. The van der Waals surface area contributed by atoms with Gasteiger partial charge in [-0.2, -0.15) is 0 Å². The van der Waals surface area contributed by atoms with E-state index in [1.54, 1.807) is 12.7 Å². The van der Waals surface area contributed by atoms with Crippen molar-refractivity contribution in [1.29, 1.82) is 0 Å².